The highest BCUT2D eigenvalue weighted by Gasteiger charge is 2.21. The molecule has 0 aliphatic heterocycles. The summed E-state index contributed by atoms with van der Waals surface area (Å²) in [4.78, 5) is 0. The largest absolute Gasteiger partial charge is 0.291 e. The molecule has 15 heavy (non-hydrogen) atoms. The fourth-order valence-electron chi connectivity index (χ4n) is 1.37. The second kappa shape index (κ2) is 4.07. The lowest BCUT2D eigenvalue weighted by molar-refractivity contribution is 0.501. The fraction of sp³-hybridized carbons (Fsp3) is 0.400. The van der Waals surface area contributed by atoms with E-state index in [0.717, 1.165) is 5.56 Å². The van der Waals surface area contributed by atoms with Crippen LogP contribution in [0.1, 0.15) is 26.3 Å². The van der Waals surface area contributed by atoms with E-state index in [2.05, 4.69) is 0 Å². The van der Waals surface area contributed by atoms with Crippen molar-refractivity contribution in [3.05, 3.63) is 29.8 Å². The van der Waals surface area contributed by atoms with Crippen LogP contribution in [0.4, 0.5) is 0 Å². The molecule has 5 heteroatoms. The molecule has 0 aromatic heterocycles. The normalized spacial score (nSPS) is 12.8. The molecule has 1 rings (SSSR count). The molecule has 0 fully saturated rings. The van der Waals surface area contributed by atoms with Crippen LogP contribution in [-0.2, 0) is 15.0 Å². The number of rotatable bonds is 2. The molecule has 0 aliphatic carbocycles. The molecule has 0 saturated carbocycles. The summed E-state index contributed by atoms with van der Waals surface area (Å²) in [6.45, 7) is 6.04. The van der Waals surface area contributed by atoms with Crippen molar-refractivity contribution < 1.29 is 13.0 Å². The maximum atomic E-state index is 10.8. The summed E-state index contributed by atoms with van der Waals surface area (Å²) in [7, 11) is -4.52. The van der Waals surface area contributed by atoms with Gasteiger partial charge in [-0.05, 0) is 16.2 Å². The minimum absolute atomic E-state index is 0.117. The van der Waals surface area contributed by atoms with Gasteiger partial charge in [-0.25, -0.2) is 8.42 Å². The average Bonchev–Trinajstić information content (AvgIpc) is 1.99. The summed E-state index contributed by atoms with van der Waals surface area (Å²) < 4.78 is 30.5. The van der Waals surface area contributed by atoms with Gasteiger partial charge in [-0.1, -0.05) is 45.0 Å². The molecule has 0 amide bonds. The highest BCUT2D eigenvalue weighted by Crippen LogP contribution is 2.19. The second-order valence-electron chi connectivity index (χ2n) is 4.37. The third-order valence-corrected chi connectivity index (χ3v) is 4.32. The number of benzene rings is 1. The summed E-state index contributed by atoms with van der Waals surface area (Å²) in [5.41, 5.74) is 0.842. The molecule has 82 valence electrons. The molecule has 3 nitrogen and oxygen atoms in total. The molecule has 0 heterocycles. The Kier molecular flexibility index (Phi) is 3.37. The zero-order valence-electron chi connectivity index (χ0n) is 8.98. The minimum atomic E-state index is -3.93. The SMILES string of the molecule is CC(C)(C)c1ccccc1[Si]S(=O)(=O)O. The lowest BCUT2D eigenvalue weighted by Gasteiger charge is -2.21. The van der Waals surface area contributed by atoms with Gasteiger partial charge in [0.05, 0.1) is 0 Å². The van der Waals surface area contributed by atoms with Gasteiger partial charge in [-0.3, -0.25) is 4.55 Å². The maximum absolute atomic E-state index is 10.8. The highest BCUT2D eigenvalue weighted by atomic mass is 32.4. The Bertz CT molecular complexity index is 446. The van der Waals surface area contributed by atoms with Crippen molar-refractivity contribution in [2.75, 3.05) is 0 Å². The molecular formula is C10H14O3SSi. The van der Waals surface area contributed by atoms with Gasteiger partial charge in [0.25, 0.3) is 8.67 Å². The van der Waals surface area contributed by atoms with Crippen LogP contribution in [0.15, 0.2) is 24.3 Å². The first-order chi connectivity index (χ1) is 6.70. The van der Waals surface area contributed by atoms with Gasteiger partial charge in [0, 0.05) is 0 Å². The van der Waals surface area contributed by atoms with Crippen molar-refractivity contribution in [3.63, 3.8) is 0 Å². The molecule has 2 radical (unpaired) electrons. The Hall–Kier alpha value is -0.653. The predicted octanol–water partition coefficient (Wildman–Crippen LogP) is 1.12. The van der Waals surface area contributed by atoms with Gasteiger partial charge in [-0.2, -0.15) is 0 Å². The topological polar surface area (TPSA) is 54.4 Å². The van der Waals surface area contributed by atoms with Gasteiger partial charge in [0.2, 0.25) is 9.57 Å². The monoisotopic (exact) mass is 242 g/mol. The van der Waals surface area contributed by atoms with Crippen molar-refractivity contribution >= 4 is 23.4 Å². The van der Waals surface area contributed by atoms with Crippen LogP contribution >= 0.6 is 0 Å². The van der Waals surface area contributed by atoms with E-state index in [-0.39, 0.29) is 5.41 Å². The van der Waals surface area contributed by atoms with Crippen molar-refractivity contribution in [2.24, 2.45) is 0 Å². The molecule has 0 aliphatic rings. The third kappa shape index (κ3) is 3.77. The fourth-order valence-corrected chi connectivity index (χ4v) is 3.74. The minimum Gasteiger partial charge on any atom is -0.291 e. The Morgan fingerprint density at radius 2 is 1.73 bits per heavy atom. The molecular weight excluding hydrogens is 228 g/mol. The molecule has 1 aromatic carbocycles. The predicted molar refractivity (Wildman–Crippen MR) is 62.1 cm³/mol. The molecule has 0 bridgehead atoms. The van der Waals surface area contributed by atoms with E-state index >= 15 is 0 Å². The van der Waals surface area contributed by atoms with Crippen molar-refractivity contribution in [2.45, 2.75) is 26.2 Å². The third-order valence-electron chi connectivity index (χ3n) is 1.97. The van der Waals surface area contributed by atoms with E-state index in [1.54, 1.807) is 12.1 Å². The van der Waals surface area contributed by atoms with Gasteiger partial charge in [0.15, 0.2) is 0 Å². The first kappa shape index (κ1) is 12.4. The van der Waals surface area contributed by atoms with Gasteiger partial charge in [-0.15, -0.1) is 0 Å². The van der Waals surface area contributed by atoms with Crippen LogP contribution in [0.5, 0.6) is 0 Å². The lowest BCUT2D eigenvalue weighted by atomic mass is 9.87. The van der Waals surface area contributed by atoms with E-state index in [0.29, 0.717) is 5.19 Å². The zero-order chi connectivity index (χ0) is 11.7. The van der Waals surface area contributed by atoms with Gasteiger partial charge < -0.3 is 0 Å². The first-order valence-corrected chi connectivity index (χ1v) is 7.71. The van der Waals surface area contributed by atoms with Crippen LogP contribution < -0.4 is 5.19 Å². The average molecular weight is 242 g/mol. The second-order valence-corrected chi connectivity index (χ2v) is 8.23. The van der Waals surface area contributed by atoms with Crippen LogP contribution in [-0.4, -0.2) is 21.6 Å². The Morgan fingerprint density at radius 1 is 1.20 bits per heavy atom. The van der Waals surface area contributed by atoms with Gasteiger partial charge >= 0.3 is 0 Å². The smallest absolute Gasteiger partial charge is 0.288 e. The van der Waals surface area contributed by atoms with Crippen LogP contribution in [0.3, 0.4) is 0 Å². The van der Waals surface area contributed by atoms with E-state index in [4.69, 9.17) is 4.55 Å². The van der Waals surface area contributed by atoms with Crippen LogP contribution in [0, 0.1) is 0 Å². The number of hydrogen-bond donors (Lipinski definition) is 1. The van der Waals surface area contributed by atoms with E-state index in [1.165, 1.54) is 0 Å². The summed E-state index contributed by atoms with van der Waals surface area (Å²) >= 11 is 0. The molecule has 1 N–H and O–H groups in total. The molecule has 1 aromatic rings. The van der Waals surface area contributed by atoms with Crippen molar-refractivity contribution in [1.29, 1.82) is 0 Å². The van der Waals surface area contributed by atoms with Gasteiger partial charge in [0.1, 0.15) is 0 Å². The van der Waals surface area contributed by atoms with E-state index < -0.39 is 18.2 Å². The molecule has 0 spiro atoms. The number of hydrogen-bond acceptors (Lipinski definition) is 2. The Balaban J connectivity index is 3.19. The summed E-state index contributed by atoms with van der Waals surface area (Å²) in [5, 5.41) is 0.688. The van der Waals surface area contributed by atoms with E-state index in [1.807, 2.05) is 32.9 Å². The lowest BCUT2D eigenvalue weighted by Crippen LogP contribution is -2.31. The van der Waals surface area contributed by atoms with Crippen LogP contribution in [0.25, 0.3) is 0 Å². The summed E-state index contributed by atoms with van der Waals surface area (Å²) in [5.74, 6) is 0. The zero-order valence-corrected chi connectivity index (χ0v) is 10.8. The summed E-state index contributed by atoms with van der Waals surface area (Å²) in [6, 6.07) is 7.29. The van der Waals surface area contributed by atoms with Crippen LogP contribution in [0.2, 0.25) is 0 Å². The quantitative estimate of drug-likeness (QED) is 0.624. The Morgan fingerprint density at radius 3 is 2.20 bits per heavy atom. The Labute approximate surface area is 92.7 Å². The van der Waals surface area contributed by atoms with Crippen molar-refractivity contribution in [3.8, 4) is 0 Å². The summed E-state index contributed by atoms with van der Waals surface area (Å²) in [6.07, 6.45) is 0. The first-order valence-electron chi connectivity index (χ1n) is 4.55. The molecule has 0 unspecified atom stereocenters. The standard InChI is InChI=1S/C10H14O3SSi/c1-10(2,3)8-6-4-5-7-9(8)15-14(11,12)13/h4-7H,1-3H3,(H,11,12,13). The molecule has 0 atom stereocenters. The maximum Gasteiger partial charge on any atom is 0.288 e. The highest BCUT2D eigenvalue weighted by molar-refractivity contribution is 8.12. The molecule has 0 saturated heterocycles. The van der Waals surface area contributed by atoms with Crippen molar-refractivity contribution in [1.82, 2.24) is 0 Å². The van der Waals surface area contributed by atoms with E-state index in [9.17, 15) is 8.42 Å².